The topological polar surface area (TPSA) is 22.0 Å². The van der Waals surface area contributed by atoms with Gasteiger partial charge in [-0.05, 0) is 47.5 Å². The Hall–Kier alpha value is -3.95. The van der Waals surface area contributed by atoms with Gasteiger partial charge in [0.15, 0.2) is 5.78 Å². The van der Waals surface area contributed by atoms with Gasteiger partial charge in [0.1, 0.15) is 0 Å². The standard InChI is InChI=1S/C31H18BrNO/c32-26-14-7-13-24-30(26)29-21(11-6-12-23(29)31(24)34)19-16-17-28-25(18-19)22-10-4-5-15-27(22)33(28)20-8-2-1-3-9-20/h1-18H. The van der Waals surface area contributed by atoms with Crippen LogP contribution in [0.1, 0.15) is 15.9 Å². The van der Waals surface area contributed by atoms with Gasteiger partial charge in [-0.25, -0.2) is 0 Å². The normalized spacial score (nSPS) is 12.3. The van der Waals surface area contributed by atoms with Crippen LogP contribution in [0.25, 0.3) is 49.7 Å². The van der Waals surface area contributed by atoms with Gasteiger partial charge in [-0.3, -0.25) is 4.79 Å². The second-order valence-electron chi connectivity index (χ2n) is 8.64. The SMILES string of the molecule is O=C1c2cccc(Br)c2-c2c1cccc2-c1ccc2c(c1)c1ccccc1n2-c1ccccc1. The lowest BCUT2D eigenvalue weighted by molar-refractivity contribution is 0.104. The Bertz CT molecular complexity index is 1780. The third kappa shape index (κ3) is 2.65. The summed E-state index contributed by atoms with van der Waals surface area (Å²) in [5.74, 6) is 0.0925. The van der Waals surface area contributed by atoms with Crippen LogP contribution in [0, 0.1) is 0 Å². The number of benzene rings is 5. The van der Waals surface area contributed by atoms with E-state index in [2.05, 4.69) is 93.3 Å². The predicted octanol–water partition coefficient (Wildman–Crippen LogP) is 8.42. The molecule has 1 aliphatic carbocycles. The maximum atomic E-state index is 13.1. The van der Waals surface area contributed by atoms with Gasteiger partial charge in [0, 0.05) is 43.2 Å². The van der Waals surface area contributed by atoms with Crippen LogP contribution in [0.4, 0.5) is 0 Å². The van der Waals surface area contributed by atoms with Crippen molar-refractivity contribution in [2.45, 2.75) is 0 Å². The highest BCUT2D eigenvalue weighted by Crippen LogP contribution is 2.47. The molecular formula is C31H18BrNO. The summed E-state index contributed by atoms with van der Waals surface area (Å²) in [6, 6.07) is 37.6. The molecule has 34 heavy (non-hydrogen) atoms. The zero-order valence-electron chi connectivity index (χ0n) is 18.1. The Labute approximate surface area is 205 Å². The number of hydrogen-bond acceptors (Lipinski definition) is 1. The van der Waals surface area contributed by atoms with Gasteiger partial charge in [-0.15, -0.1) is 0 Å². The maximum Gasteiger partial charge on any atom is 0.194 e. The molecule has 0 saturated heterocycles. The predicted molar refractivity (Wildman–Crippen MR) is 143 cm³/mol. The van der Waals surface area contributed by atoms with Crippen molar-refractivity contribution in [3.05, 3.63) is 125 Å². The lowest BCUT2D eigenvalue weighted by Gasteiger charge is -2.12. The van der Waals surface area contributed by atoms with Crippen LogP contribution < -0.4 is 0 Å². The first-order chi connectivity index (χ1) is 16.7. The molecule has 1 aromatic heterocycles. The van der Waals surface area contributed by atoms with Crippen molar-refractivity contribution >= 4 is 43.5 Å². The van der Waals surface area contributed by atoms with E-state index in [9.17, 15) is 4.79 Å². The van der Waals surface area contributed by atoms with Crippen molar-refractivity contribution in [2.75, 3.05) is 0 Å². The molecule has 0 N–H and O–H groups in total. The average Bonchev–Trinajstić information content (AvgIpc) is 3.37. The molecule has 0 spiro atoms. The van der Waals surface area contributed by atoms with Gasteiger partial charge >= 0.3 is 0 Å². The van der Waals surface area contributed by atoms with Crippen molar-refractivity contribution in [1.82, 2.24) is 4.57 Å². The summed E-state index contributed by atoms with van der Waals surface area (Å²) in [6.45, 7) is 0. The maximum absolute atomic E-state index is 13.1. The van der Waals surface area contributed by atoms with Gasteiger partial charge < -0.3 is 4.57 Å². The number of carbonyl (C=O) groups excluding carboxylic acids is 1. The number of rotatable bonds is 2. The number of carbonyl (C=O) groups is 1. The minimum atomic E-state index is 0.0925. The summed E-state index contributed by atoms with van der Waals surface area (Å²) >= 11 is 3.70. The molecule has 1 heterocycles. The molecule has 3 heteroatoms. The van der Waals surface area contributed by atoms with Gasteiger partial charge in [0.05, 0.1) is 11.0 Å². The Morgan fingerprint density at radius 3 is 2.09 bits per heavy atom. The van der Waals surface area contributed by atoms with Crippen molar-refractivity contribution in [1.29, 1.82) is 0 Å². The van der Waals surface area contributed by atoms with E-state index in [0.717, 1.165) is 43.5 Å². The van der Waals surface area contributed by atoms with E-state index in [1.807, 2.05) is 36.4 Å². The highest BCUT2D eigenvalue weighted by molar-refractivity contribution is 9.10. The van der Waals surface area contributed by atoms with E-state index in [-0.39, 0.29) is 5.78 Å². The fraction of sp³-hybridized carbons (Fsp3) is 0. The van der Waals surface area contributed by atoms with E-state index in [1.54, 1.807) is 0 Å². The molecule has 1 aliphatic rings. The zero-order valence-corrected chi connectivity index (χ0v) is 19.7. The number of para-hydroxylation sites is 2. The van der Waals surface area contributed by atoms with Gasteiger partial charge in [0.25, 0.3) is 0 Å². The number of hydrogen-bond donors (Lipinski definition) is 0. The van der Waals surface area contributed by atoms with E-state index < -0.39 is 0 Å². The van der Waals surface area contributed by atoms with Crippen molar-refractivity contribution < 1.29 is 4.79 Å². The molecule has 160 valence electrons. The summed E-state index contributed by atoms with van der Waals surface area (Å²) in [5, 5.41) is 2.42. The Kier molecular flexibility index (Phi) is 4.18. The van der Waals surface area contributed by atoms with E-state index in [0.29, 0.717) is 0 Å². The molecule has 0 fully saturated rings. The molecule has 0 amide bonds. The third-order valence-electron chi connectivity index (χ3n) is 6.82. The minimum absolute atomic E-state index is 0.0925. The van der Waals surface area contributed by atoms with Crippen LogP contribution >= 0.6 is 15.9 Å². The first-order valence-corrected chi connectivity index (χ1v) is 12.1. The molecule has 0 saturated carbocycles. The smallest absolute Gasteiger partial charge is 0.194 e. The molecule has 0 radical (unpaired) electrons. The van der Waals surface area contributed by atoms with Crippen LogP contribution in [0.15, 0.2) is 114 Å². The summed E-state index contributed by atoms with van der Waals surface area (Å²) < 4.78 is 3.27. The highest BCUT2D eigenvalue weighted by atomic mass is 79.9. The Balaban J connectivity index is 1.53. The molecule has 0 bridgehead atoms. The fourth-order valence-electron chi connectivity index (χ4n) is 5.36. The Morgan fingerprint density at radius 2 is 1.24 bits per heavy atom. The third-order valence-corrected chi connectivity index (χ3v) is 7.48. The highest BCUT2D eigenvalue weighted by Gasteiger charge is 2.30. The number of aromatic nitrogens is 1. The molecular weight excluding hydrogens is 482 g/mol. The summed E-state index contributed by atoms with van der Waals surface area (Å²) in [4.78, 5) is 13.1. The first-order valence-electron chi connectivity index (χ1n) is 11.3. The molecule has 0 unspecified atom stereocenters. The lowest BCUT2D eigenvalue weighted by atomic mass is 9.93. The molecule has 5 aromatic carbocycles. The summed E-state index contributed by atoms with van der Waals surface area (Å²) in [6.07, 6.45) is 0. The Morgan fingerprint density at radius 1 is 0.559 bits per heavy atom. The van der Waals surface area contributed by atoms with Crippen LogP contribution in [-0.2, 0) is 0 Å². The molecule has 7 rings (SSSR count). The molecule has 0 atom stereocenters. The zero-order chi connectivity index (χ0) is 22.8. The van der Waals surface area contributed by atoms with Crippen molar-refractivity contribution in [2.24, 2.45) is 0 Å². The number of halogens is 1. The van der Waals surface area contributed by atoms with E-state index in [4.69, 9.17) is 0 Å². The number of nitrogens with zero attached hydrogens (tertiary/aromatic N) is 1. The van der Waals surface area contributed by atoms with E-state index in [1.165, 1.54) is 21.8 Å². The van der Waals surface area contributed by atoms with Crippen molar-refractivity contribution in [3.63, 3.8) is 0 Å². The fourth-order valence-corrected chi connectivity index (χ4v) is 5.92. The second kappa shape index (κ2) is 7.28. The lowest BCUT2D eigenvalue weighted by Crippen LogP contribution is -1.94. The second-order valence-corrected chi connectivity index (χ2v) is 9.49. The van der Waals surface area contributed by atoms with Crippen LogP contribution in [-0.4, -0.2) is 10.4 Å². The minimum Gasteiger partial charge on any atom is -0.309 e. The van der Waals surface area contributed by atoms with Crippen molar-refractivity contribution in [3.8, 4) is 27.9 Å². The van der Waals surface area contributed by atoms with Crippen LogP contribution in [0.3, 0.4) is 0 Å². The van der Waals surface area contributed by atoms with Crippen LogP contribution in [0.2, 0.25) is 0 Å². The van der Waals surface area contributed by atoms with Crippen LogP contribution in [0.5, 0.6) is 0 Å². The summed E-state index contributed by atoms with van der Waals surface area (Å²) in [7, 11) is 0. The summed E-state index contributed by atoms with van der Waals surface area (Å²) in [5.41, 5.74) is 9.22. The van der Waals surface area contributed by atoms with Gasteiger partial charge in [-0.1, -0.05) is 88.7 Å². The van der Waals surface area contributed by atoms with E-state index >= 15 is 0 Å². The average molecular weight is 500 g/mol. The molecule has 0 aliphatic heterocycles. The monoisotopic (exact) mass is 499 g/mol. The number of fused-ring (bicyclic) bond motifs is 6. The largest absolute Gasteiger partial charge is 0.309 e. The quantitative estimate of drug-likeness (QED) is 0.234. The van der Waals surface area contributed by atoms with Gasteiger partial charge in [0.2, 0.25) is 0 Å². The number of ketones is 1. The first kappa shape index (κ1) is 19.5. The molecule has 2 nitrogen and oxygen atoms in total. The molecule has 6 aromatic rings. The van der Waals surface area contributed by atoms with Gasteiger partial charge in [-0.2, -0.15) is 0 Å².